The molecule has 1 aliphatic rings. The van der Waals surface area contributed by atoms with Crippen LogP contribution >= 0.6 is 0 Å². The number of nitrogens with one attached hydrogen (secondary N) is 1. The maximum Gasteiger partial charge on any atom is 0.504 e. The summed E-state index contributed by atoms with van der Waals surface area (Å²) in [6.07, 6.45) is -2.59. The Balaban J connectivity index is 1.37. The average molecular weight is 519 g/mol. The highest BCUT2D eigenvalue weighted by atomic mass is 19.4. The Labute approximate surface area is 202 Å². The lowest BCUT2D eigenvalue weighted by atomic mass is 9.99. The van der Waals surface area contributed by atoms with Gasteiger partial charge >= 0.3 is 18.1 Å². The Morgan fingerprint density at radius 3 is 2.84 bits per heavy atom. The maximum absolute atomic E-state index is 13.6. The zero-order valence-electron chi connectivity index (χ0n) is 18.4. The third kappa shape index (κ3) is 3.80. The Kier molecular flexibility index (Phi) is 5.06. The molecule has 0 spiro atoms. The number of hydrogen-bond donors (Lipinski definition) is 1. The molecule has 190 valence electrons. The number of fused-ring (bicyclic) bond motifs is 2. The van der Waals surface area contributed by atoms with E-state index in [9.17, 15) is 26.7 Å². The number of H-pyrrole nitrogens is 1. The third-order valence-electron chi connectivity index (χ3n) is 5.95. The molecule has 0 aliphatic carbocycles. The molecule has 0 unspecified atom stereocenters. The first-order chi connectivity index (χ1) is 17.7. The fourth-order valence-electron chi connectivity index (χ4n) is 4.29. The number of rotatable bonds is 4. The van der Waals surface area contributed by atoms with Gasteiger partial charge < -0.3 is 14.3 Å². The molecule has 1 atom stereocenters. The highest BCUT2D eigenvalue weighted by Crippen LogP contribution is 2.36. The van der Waals surface area contributed by atoms with Gasteiger partial charge in [-0.15, -0.1) is 23.4 Å². The first kappa shape index (κ1) is 22.8. The second-order valence-corrected chi connectivity index (χ2v) is 8.13. The number of aromatic amines is 1. The van der Waals surface area contributed by atoms with Crippen molar-refractivity contribution in [2.24, 2.45) is 0 Å². The molecule has 0 saturated carbocycles. The van der Waals surface area contributed by atoms with E-state index in [4.69, 9.17) is 4.42 Å². The molecule has 5 aromatic rings. The zero-order valence-corrected chi connectivity index (χ0v) is 18.4. The van der Waals surface area contributed by atoms with Crippen LogP contribution in [0.2, 0.25) is 0 Å². The molecular formula is C21H14F5N9O2. The summed E-state index contributed by atoms with van der Waals surface area (Å²) < 4.78 is 72.1. The fraction of sp³-hybridized carbons (Fsp3) is 0.238. The molecule has 16 heteroatoms. The van der Waals surface area contributed by atoms with Crippen LogP contribution in [0, 0.1) is 0 Å². The van der Waals surface area contributed by atoms with Crippen LogP contribution in [-0.2, 0) is 12.7 Å². The summed E-state index contributed by atoms with van der Waals surface area (Å²) >= 11 is 0. The summed E-state index contributed by atoms with van der Waals surface area (Å²) in [7, 11) is 0. The van der Waals surface area contributed by atoms with Crippen LogP contribution in [0.1, 0.15) is 45.8 Å². The van der Waals surface area contributed by atoms with Gasteiger partial charge in [0.2, 0.25) is 0 Å². The number of carbonyl (C=O) groups is 1. The van der Waals surface area contributed by atoms with Crippen molar-refractivity contribution in [3.63, 3.8) is 0 Å². The molecule has 1 amide bonds. The lowest BCUT2D eigenvalue weighted by molar-refractivity contribution is -0.212. The van der Waals surface area contributed by atoms with Gasteiger partial charge in [-0.1, -0.05) is 0 Å². The molecule has 6 rings (SSSR count). The van der Waals surface area contributed by atoms with Gasteiger partial charge in [-0.05, 0) is 18.2 Å². The Hall–Kier alpha value is -4.63. The predicted molar refractivity (Wildman–Crippen MR) is 112 cm³/mol. The quantitative estimate of drug-likeness (QED) is 0.361. The van der Waals surface area contributed by atoms with E-state index in [0.29, 0.717) is 18.3 Å². The van der Waals surface area contributed by atoms with Gasteiger partial charge in [0.05, 0.1) is 35.0 Å². The number of aromatic nitrogens is 8. The molecule has 0 bridgehead atoms. The number of hydrogen-bond acceptors (Lipinski definition) is 7. The monoisotopic (exact) mass is 519 g/mol. The molecule has 5 aromatic heterocycles. The van der Waals surface area contributed by atoms with Crippen LogP contribution < -0.4 is 0 Å². The van der Waals surface area contributed by atoms with Crippen molar-refractivity contribution in [3.05, 3.63) is 71.7 Å². The second-order valence-electron chi connectivity index (χ2n) is 8.13. The molecule has 6 heterocycles. The van der Waals surface area contributed by atoms with Crippen LogP contribution in [0.15, 0.2) is 47.5 Å². The number of nitrogens with zero attached hydrogens (tertiary/aromatic N) is 8. The van der Waals surface area contributed by atoms with Crippen molar-refractivity contribution >= 4 is 11.4 Å². The summed E-state index contributed by atoms with van der Waals surface area (Å²) in [4.78, 5) is 22.1. The number of amides is 1. The van der Waals surface area contributed by atoms with Crippen LogP contribution in [0.5, 0.6) is 0 Å². The first-order valence-electron chi connectivity index (χ1n) is 10.8. The van der Waals surface area contributed by atoms with Crippen molar-refractivity contribution in [1.29, 1.82) is 0 Å². The minimum absolute atomic E-state index is 0.131. The van der Waals surface area contributed by atoms with Crippen LogP contribution in [0.25, 0.3) is 17.0 Å². The number of carbonyl (C=O) groups excluding carboxylic acids is 1. The van der Waals surface area contributed by atoms with E-state index >= 15 is 0 Å². The Morgan fingerprint density at radius 2 is 2.08 bits per heavy atom. The number of halogens is 5. The van der Waals surface area contributed by atoms with Crippen molar-refractivity contribution in [1.82, 2.24) is 44.5 Å². The largest absolute Gasteiger partial charge is 0.504 e. The molecule has 0 aromatic carbocycles. The molecule has 1 aliphatic heterocycles. The summed E-state index contributed by atoms with van der Waals surface area (Å²) in [5, 5.41) is 15.0. The second kappa shape index (κ2) is 8.21. The average Bonchev–Trinajstić information content (AvgIpc) is 3.66. The van der Waals surface area contributed by atoms with E-state index in [1.54, 1.807) is 0 Å². The molecule has 11 nitrogen and oxygen atoms in total. The van der Waals surface area contributed by atoms with E-state index in [1.165, 1.54) is 40.1 Å². The number of alkyl halides is 5. The molecule has 1 N–H and O–H groups in total. The molecule has 0 radical (unpaired) electrons. The standard InChI is InChI=1S/C21H14F5N9O2/c22-17(23)11-2-1-4-34-14(11)6-13(32-34)16-15-12(27-9-28-15)3-5-33(16)20(36)19-31-30-18(37-19)10-7-29-35(8-10)21(24,25)26/h1-2,4,6-9,16-17H,3,5H2,(H,27,28)/t16-/m0/s1. The van der Waals surface area contributed by atoms with Crippen LogP contribution in [-0.4, -0.2) is 56.9 Å². The summed E-state index contributed by atoms with van der Waals surface area (Å²) in [6, 6.07) is 3.31. The van der Waals surface area contributed by atoms with E-state index in [-0.39, 0.29) is 39.5 Å². The van der Waals surface area contributed by atoms with Crippen molar-refractivity contribution < 1.29 is 31.2 Å². The van der Waals surface area contributed by atoms with Crippen LogP contribution in [0.3, 0.4) is 0 Å². The summed E-state index contributed by atoms with van der Waals surface area (Å²) in [6.45, 7) is 0.165. The summed E-state index contributed by atoms with van der Waals surface area (Å²) in [5.41, 5.74) is 1.30. The van der Waals surface area contributed by atoms with Crippen molar-refractivity contribution in [3.8, 4) is 11.5 Å². The lowest BCUT2D eigenvalue weighted by Gasteiger charge is -2.32. The molecule has 0 saturated heterocycles. The van der Waals surface area contributed by atoms with E-state index < -0.39 is 30.6 Å². The third-order valence-corrected chi connectivity index (χ3v) is 5.95. The smallest absolute Gasteiger partial charge is 0.412 e. The lowest BCUT2D eigenvalue weighted by Crippen LogP contribution is -2.41. The van der Waals surface area contributed by atoms with Crippen LogP contribution in [0.4, 0.5) is 22.0 Å². The van der Waals surface area contributed by atoms with Gasteiger partial charge in [0, 0.05) is 36.6 Å². The van der Waals surface area contributed by atoms with Gasteiger partial charge in [0.25, 0.3) is 12.3 Å². The fourth-order valence-corrected chi connectivity index (χ4v) is 4.29. The minimum atomic E-state index is -4.74. The Morgan fingerprint density at radius 1 is 1.24 bits per heavy atom. The van der Waals surface area contributed by atoms with Gasteiger partial charge in [0.1, 0.15) is 6.04 Å². The van der Waals surface area contributed by atoms with E-state index in [0.717, 1.165) is 11.9 Å². The van der Waals surface area contributed by atoms with Gasteiger partial charge in [-0.3, -0.25) is 4.79 Å². The minimum Gasteiger partial charge on any atom is -0.412 e. The summed E-state index contributed by atoms with van der Waals surface area (Å²) in [5.74, 6) is -1.54. The number of imidazole rings is 1. The SMILES string of the molecule is O=C(c1nnc(-c2cnn(C(F)(F)F)c2)o1)N1CCc2[nH]cnc2[C@@H]1c1cc2c(C(F)F)cccn2n1. The predicted octanol–water partition coefficient (Wildman–Crippen LogP) is 3.51. The Bertz CT molecular complexity index is 1620. The highest BCUT2D eigenvalue weighted by Gasteiger charge is 2.39. The first-order valence-corrected chi connectivity index (χ1v) is 10.8. The molecule has 0 fully saturated rings. The van der Waals surface area contributed by atoms with E-state index in [2.05, 4.69) is 30.4 Å². The molecular weight excluding hydrogens is 505 g/mol. The van der Waals surface area contributed by atoms with Crippen molar-refractivity contribution in [2.75, 3.05) is 6.54 Å². The van der Waals surface area contributed by atoms with Gasteiger partial charge in [0.15, 0.2) is 0 Å². The highest BCUT2D eigenvalue weighted by molar-refractivity contribution is 5.90. The van der Waals surface area contributed by atoms with Gasteiger partial charge in [-0.25, -0.2) is 18.3 Å². The van der Waals surface area contributed by atoms with E-state index in [1.807, 2.05) is 0 Å². The number of pyridine rings is 1. The zero-order chi connectivity index (χ0) is 25.9. The maximum atomic E-state index is 13.6. The normalized spacial score (nSPS) is 16.1. The van der Waals surface area contributed by atoms with Crippen molar-refractivity contribution in [2.45, 2.75) is 25.2 Å². The molecule has 37 heavy (non-hydrogen) atoms. The topological polar surface area (TPSA) is 123 Å². The van der Waals surface area contributed by atoms with Gasteiger partial charge in [-0.2, -0.15) is 14.9 Å².